The van der Waals surface area contributed by atoms with E-state index in [2.05, 4.69) is 116 Å². The van der Waals surface area contributed by atoms with Crippen molar-refractivity contribution in [2.45, 2.75) is 407 Å². The zero-order valence-corrected chi connectivity index (χ0v) is 65.6. The van der Waals surface area contributed by atoms with E-state index in [9.17, 15) is 61.0 Å². The average molecular weight is 1500 g/mol. The number of carbonyl (C=O) groups is 1. The van der Waals surface area contributed by atoms with E-state index in [-0.39, 0.29) is 18.9 Å². The first-order valence-electron chi connectivity index (χ1n) is 42.1. The third kappa shape index (κ3) is 45.1. The number of hydrogen-bond acceptors (Lipinski definition) is 18. The number of aliphatic hydroxyl groups excluding tert-OH is 11. The van der Waals surface area contributed by atoms with Gasteiger partial charge in [-0.2, -0.15) is 0 Å². The molecule has 3 heterocycles. The van der Waals surface area contributed by atoms with Gasteiger partial charge in [0.25, 0.3) is 0 Å². The molecule has 1 amide bonds. The fraction of sp³-hybridized carbons (Fsp3) is 0.782. The average Bonchev–Trinajstić information content (AvgIpc) is 0.780. The van der Waals surface area contributed by atoms with Gasteiger partial charge in [0.2, 0.25) is 5.91 Å². The highest BCUT2D eigenvalue weighted by molar-refractivity contribution is 5.76. The normalized spacial score (nSPS) is 26.2. The SMILES string of the molecule is CC/C=C\C/C=C\C/C=C\C/C=C\C/C=C\C/C=C\C/C=C\C/C=C\CCCCCCCCCCCCCCCCC(=O)NC(COC1OC(CO)C(OC2OC(CO)C(OC3OC(CO)C(O)C(O)C3O)C(O)C2O)C(O)C1O)C(O)/C=C/CCCCCCCCCCCCCCCCCCCCCC. The molecule has 0 bridgehead atoms. The molecule has 17 unspecified atom stereocenters. The lowest BCUT2D eigenvalue weighted by Gasteiger charge is -2.48. The predicted octanol–water partition coefficient (Wildman–Crippen LogP) is 14.9. The molecule has 0 aromatic heterocycles. The van der Waals surface area contributed by atoms with Crippen molar-refractivity contribution in [1.82, 2.24) is 5.32 Å². The zero-order chi connectivity index (χ0) is 76.7. The number of rotatable bonds is 66. The highest BCUT2D eigenvalue weighted by atomic mass is 16.8. The molecule has 612 valence electrons. The van der Waals surface area contributed by atoms with Crippen LogP contribution in [0.4, 0.5) is 0 Å². The third-order valence-electron chi connectivity index (χ3n) is 20.3. The maximum atomic E-state index is 13.5. The molecule has 0 aliphatic carbocycles. The first-order valence-corrected chi connectivity index (χ1v) is 42.1. The molecule has 0 radical (unpaired) electrons. The van der Waals surface area contributed by atoms with Gasteiger partial charge in [0.15, 0.2) is 18.9 Å². The van der Waals surface area contributed by atoms with Crippen molar-refractivity contribution < 1.29 is 89.4 Å². The van der Waals surface area contributed by atoms with Gasteiger partial charge < -0.3 is 89.9 Å². The van der Waals surface area contributed by atoms with Gasteiger partial charge in [0, 0.05) is 6.42 Å². The van der Waals surface area contributed by atoms with Crippen LogP contribution in [0.25, 0.3) is 0 Å². The molecule has 19 nitrogen and oxygen atoms in total. The molecular weight excluding hydrogens is 1350 g/mol. The van der Waals surface area contributed by atoms with Crippen LogP contribution in [0.5, 0.6) is 0 Å². The molecule has 17 atom stereocenters. The Morgan fingerprint density at radius 2 is 0.651 bits per heavy atom. The minimum Gasteiger partial charge on any atom is -0.394 e. The molecule has 12 N–H and O–H groups in total. The van der Waals surface area contributed by atoms with E-state index in [0.29, 0.717) is 6.42 Å². The van der Waals surface area contributed by atoms with Crippen LogP contribution in [0.3, 0.4) is 0 Å². The van der Waals surface area contributed by atoms with Crippen LogP contribution in [0.1, 0.15) is 303 Å². The number of amides is 1. The fourth-order valence-corrected chi connectivity index (χ4v) is 13.6. The smallest absolute Gasteiger partial charge is 0.220 e. The standard InChI is InChI=1S/C87H151NO18/c1-3-5-7-9-11-13-15-17-19-21-23-25-27-28-29-30-31-32-33-34-35-36-37-38-39-40-41-42-43-45-47-49-51-53-55-57-59-61-63-65-75(93)88-70(71(92)64-62-60-58-56-54-52-50-48-46-44-26-24-22-20-18-16-14-12-10-8-6-4-2)69-101-85-81(99)78(96)83(73(67-90)103-85)106-87-82(100)79(97)84(74(68-91)104-87)105-86-80(98)77(95)76(94)72(66-89)102-86/h5,7,11,13,17,19,23,25,28-29,31-32,34-35,37-38,62,64,70-74,76-87,89-92,94-100H,3-4,6,8-10,12,14-16,18,20-22,24,26-27,30,33,36,39-61,63,65-69H2,1-2H3,(H,88,93)/b7-5-,13-11-,19-17-,25-23-,29-28-,32-31-,35-34-,38-37-,64-62+. The molecule has 3 aliphatic heterocycles. The van der Waals surface area contributed by atoms with E-state index in [4.69, 9.17) is 28.4 Å². The Hall–Kier alpha value is -3.55. The van der Waals surface area contributed by atoms with Crippen molar-refractivity contribution >= 4 is 5.91 Å². The summed E-state index contributed by atoms with van der Waals surface area (Å²) in [7, 11) is 0. The van der Waals surface area contributed by atoms with Crippen LogP contribution in [-0.4, -0.2) is 193 Å². The molecule has 106 heavy (non-hydrogen) atoms. The van der Waals surface area contributed by atoms with Gasteiger partial charge in [-0.25, -0.2) is 0 Å². The molecular formula is C87H151NO18. The third-order valence-corrected chi connectivity index (χ3v) is 20.3. The van der Waals surface area contributed by atoms with E-state index in [1.165, 1.54) is 173 Å². The summed E-state index contributed by atoms with van der Waals surface area (Å²) in [4.78, 5) is 13.5. The quantitative estimate of drug-likeness (QED) is 0.0199. The maximum Gasteiger partial charge on any atom is 0.220 e. The molecule has 0 aromatic carbocycles. The van der Waals surface area contributed by atoms with Crippen LogP contribution in [0.15, 0.2) is 109 Å². The molecule has 3 rings (SSSR count). The van der Waals surface area contributed by atoms with Gasteiger partial charge in [-0.05, 0) is 83.5 Å². The first-order chi connectivity index (χ1) is 51.8. The van der Waals surface area contributed by atoms with Gasteiger partial charge >= 0.3 is 0 Å². The minimum absolute atomic E-state index is 0.238. The molecule has 19 heteroatoms. The second-order valence-electron chi connectivity index (χ2n) is 29.6. The Kier molecular flexibility index (Phi) is 60.3. The predicted molar refractivity (Wildman–Crippen MR) is 424 cm³/mol. The zero-order valence-electron chi connectivity index (χ0n) is 65.6. The van der Waals surface area contributed by atoms with Crippen LogP contribution in [-0.2, 0) is 33.2 Å². The summed E-state index contributed by atoms with van der Waals surface area (Å²) in [5.41, 5.74) is 0. The van der Waals surface area contributed by atoms with Gasteiger partial charge in [0.05, 0.1) is 38.6 Å². The highest BCUT2D eigenvalue weighted by Crippen LogP contribution is 2.33. The topological polar surface area (TPSA) is 307 Å². The number of ether oxygens (including phenoxy) is 6. The van der Waals surface area contributed by atoms with Crippen LogP contribution < -0.4 is 5.32 Å². The lowest BCUT2D eigenvalue weighted by molar-refractivity contribution is -0.379. The Labute approximate surface area is 640 Å². The largest absolute Gasteiger partial charge is 0.394 e. The van der Waals surface area contributed by atoms with Crippen molar-refractivity contribution in [2.75, 3.05) is 26.4 Å². The number of carbonyl (C=O) groups excluding carboxylic acids is 1. The highest BCUT2D eigenvalue weighted by Gasteiger charge is 2.54. The van der Waals surface area contributed by atoms with Crippen LogP contribution in [0.2, 0.25) is 0 Å². The monoisotopic (exact) mass is 1500 g/mol. The van der Waals surface area contributed by atoms with Crippen molar-refractivity contribution in [3.05, 3.63) is 109 Å². The molecule has 0 spiro atoms. The van der Waals surface area contributed by atoms with Gasteiger partial charge in [0.1, 0.15) is 73.2 Å². The number of nitrogens with one attached hydrogen (secondary N) is 1. The van der Waals surface area contributed by atoms with E-state index in [1.807, 2.05) is 6.08 Å². The fourth-order valence-electron chi connectivity index (χ4n) is 13.6. The summed E-state index contributed by atoms with van der Waals surface area (Å²) >= 11 is 0. The summed E-state index contributed by atoms with van der Waals surface area (Å²) in [5.74, 6) is -0.276. The molecule has 3 saturated heterocycles. The van der Waals surface area contributed by atoms with Crippen LogP contribution in [0, 0.1) is 0 Å². The summed E-state index contributed by atoms with van der Waals surface area (Å²) in [5, 5.41) is 121. The Balaban J connectivity index is 1.34. The van der Waals surface area contributed by atoms with Crippen molar-refractivity contribution in [3.63, 3.8) is 0 Å². The Bertz CT molecular complexity index is 2340. The number of aliphatic hydroxyl groups is 11. The van der Waals surface area contributed by atoms with Gasteiger partial charge in [-0.3, -0.25) is 4.79 Å². The number of unbranched alkanes of at least 4 members (excludes halogenated alkanes) is 34. The lowest BCUT2D eigenvalue weighted by Crippen LogP contribution is -2.66. The van der Waals surface area contributed by atoms with Crippen LogP contribution >= 0.6 is 0 Å². The lowest BCUT2D eigenvalue weighted by atomic mass is 9.96. The molecule has 0 saturated carbocycles. The minimum atomic E-state index is -1.98. The molecule has 0 aromatic rings. The maximum absolute atomic E-state index is 13.5. The van der Waals surface area contributed by atoms with E-state index in [1.54, 1.807) is 6.08 Å². The second-order valence-corrected chi connectivity index (χ2v) is 29.6. The summed E-state index contributed by atoms with van der Waals surface area (Å²) in [6.45, 7) is 1.65. The summed E-state index contributed by atoms with van der Waals surface area (Å²) < 4.78 is 34.5. The van der Waals surface area contributed by atoms with E-state index >= 15 is 0 Å². The van der Waals surface area contributed by atoms with Crippen molar-refractivity contribution in [3.8, 4) is 0 Å². The van der Waals surface area contributed by atoms with E-state index < -0.39 is 124 Å². The Morgan fingerprint density at radius 3 is 1.02 bits per heavy atom. The summed E-state index contributed by atoms with van der Waals surface area (Å²) in [6.07, 6.45) is 65.0. The van der Waals surface area contributed by atoms with Crippen molar-refractivity contribution in [1.29, 1.82) is 0 Å². The van der Waals surface area contributed by atoms with Gasteiger partial charge in [-0.1, -0.05) is 322 Å². The van der Waals surface area contributed by atoms with Crippen molar-refractivity contribution in [2.24, 2.45) is 0 Å². The van der Waals surface area contributed by atoms with E-state index in [0.717, 1.165) is 103 Å². The summed E-state index contributed by atoms with van der Waals surface area (Å²) in [6, 6.07) is -0.980. The second kappa shape index (κ2) is 66.1. The number of hydrogen-bond donors (Lipinski definition) is 12. The van der Waals surface area contributed by atoms with Gasteiger partial charge in [-0.15, -0.1) is 0 Å². The molecule has 3 aliphatic rings. The Morgan fingerprint density at radius 1 is 0.349 bits per heavy atom. The molecule has 3 fully saturated rings. The first kappa shape index (κ1) is 96.6. The number of allylic oxidation sites excluding steroid dienone is 17.